The summed E-state index contributed by atoms with van der Waals surface area (Å²) < 4.78 is 10.5. The first-order valence-electron chi connectivity index (χ1n) is 7.68. The SMILES string of the molecule is COCC1CCN(C(C)(CN)Cc2ccc(OC)cc2)C1. The Labute approximate surface area is 128 Å². The molecule has 4 nitrogen and oxygen atoms in total. The summed E-state index contributed by atoms with van der Waals surface area (Å²) in [5, 5.41) is 0. The molecule has 2 N–H and O–H groups in total. The average molecular weight is 292 g/mol. The van der Waals surface area contributed by atoms with E-state index in [1.807, 2.05) is 12.1 Å². The second-order valence-electron chi connectivity index (χ2n) is 6.28. The highest BCUT2D eigenvalue weighted by Gasteiger charge is 2.36. The van der Waals surface area contributed by atoms with E-state index >= 15 is 0 Å². The largest absolute Gasteiger partial charge is 0.497 e. The molecule has 1 fully saturated rings. The molecule has 21 heavy (non-hydrogen) atoms. The fraction of sp³-hybridized carbons (Fsp3) is 0.647. The summed E-state index contributed by atoms with van der Waals surface area (Å²) >= 11 is 0. The molecular formula is C17H28N2O2. The van der Waals surface area contributed by atoms with E-state index in [2.05, 4.69) is 24.0 Å². The van der Waals surface area contributed by atoms with Gasteiger partial charge in [0.1, 0.15) is 5.75 Å². The van der Waals surface area contributed by atoms with E-state index < -0.39 is 0 Å². The van der Waals surface area contributed by atoms with Crippen LogP contribution in [0.2, 0.25) is 0 Å². The van der Waals surface area contributed by atoms with Crippen LogP contribution in [-0.4, -0.2) is 50.9 Å². The molecule has 1 saturated heterocycles. The second kappa shape index (κ2) is 7.25. The zero-order chi connectivity index (χ0) is 15.3. The molecule has 0 amide bonds. The van der Waals surface area contributed by atoms with Crippen molar-refractivity contribution in [3.05, 3.63) is 29.8 Å². The van der Waals surface area contributed by atoms with Gasteiger partial charge in [0.15, 0.2) is 0 Å². The molecule has 0 spiro atoms. The second-order valence-corrected chi connectivity index (χ2v) is 6.28. The highest BCUT2D eigenvalue weighted by molar-refractivity contribution is 5.28. The van der Waals surface area contributed by atoms with Gasteiger partial charge in [-0.25, -0.2) is 0 Å². The van der Waals surface area contributed by atoms with Gasteiger partial charge in [-0.3, -0.25) is 4.90 Å². The first kappa shape index (κ1) is 16.3. The van der Waals surface area contributed by atoms with Crippen molar-refractivity contribution >= 4 is 0 Å². The van der Waals surface area contributed by atoms with E-state index in [-0.39, 0.29) is 5.54 Å². The van der Waals surface area contributed by atoms with Crippen molar-refractivity contribution in [2.24, 2.45) is 11.7 Å². The number of hydrogen-bond donors (Lipinski definition) is 1. The first-order chi connectivity index (χ1) is 10.1. The molecule has 2 unspecified atom stereocenters. The number of benzene rings is 1. The smallest absolute Gasteiger partial charge is 0.118 e. The van der Waals surface area contributed by atoms with E-state index in [4.69, 9.17) is 15.2 Å². The van der Waals surface area contributed by atoms with Gasteiger partial charge in [0.2, 0.25) is 0 Å². The average Bonchev–Trinajstić information content (AvgIpc) is 2.98. The molecule has 0 aliphatic carbocycles. The maximum absolute atomic E-state index is 6.11. The van der Waals surface area contributed by atoms with E-state index in [0.717, 1.165) is 31.9 Å². The predicted octanol–water partition coefficient (Wildman–Crippen LogP) is 1.92. The summed E-state index contributed by atoms with van der Waals surface area (Å²) in [6.45, 7) is 5.97. The number of ether oxygens (including phenoxy) is 2. The Morgan fingerprint density at radius 3 is 2.57 bits per heavy atom. The fourth-order valence-electron chi connectivity index (χ4n) is 3.19. The minimum absolute atomic E-state index is 0.0110. The lowest BCUT2D eigenvalue weighted by atomic mass is 9.91. The number of methoxy groups -OCH3 is 2. The minimum atomic E-state index is 0.0110. The van der Waals surface area contributed by atoms with Crippen molar-refractivity contribution in [2.75, 3.05) is 40.5 Å². The third-order valence-corrected chi connectivity index (χ3v) is 4.64. The molecule has 0 saturated carbocycles. The minimum Gasteiger partial charge on any atom is -0.497 e. The van der Waals surface area contributed by atoms with Crippen molar-refractivity contribution in [1.82, 2.24) is 4.90 Å². The number of likely N-dealkylation sites (tertiary alicyclic amines) is 1. The van der Waals surface area contributed by atoms with Gasteiger partial charge in [-0.05, 0) is 49.9 Å². The third kappa shape index (κ3) is 3.96. The number of nitrogens with zero attached hydrogens (tertiary/aromatic N) is 1. The lowest BCUT2D eigenvalue weighted by Gasteiger charge is -2.38. The maximum Gasteiger partial charge on any atom is 0.118 e. The van der Waals surface area contributed by atoms with Crippen molar-refractivity contribution in [2.45, 2.75) is 25.3 Å². The topological polar surface area (TPSA) is 47.7 Å². The van der Waals surface area contributed by atoms with Crippen molar-refractivity contribution < 1.29 is 9.47 Å². The Bertz CT molecular complexity index is 435. The molecular weight excluding hydrogens is 264 g/mol. The first-order valence-corrected chi connectivity index (χ1v) is 7.68. The highest BCUT2D eigenvalue weighted by Crippen LogP contribution is 2.28. The van der Waals surface area contributed by atoms with Gasteiger partial charge in [0.05, 0.1) is 13.7 Å². The summed E-state index contributed by atoms with van der Waals surface area (Å²) in [4.78, 5) is 2.53. The molecule has 1 heterocycles. The summed E-state index contributed by atoms with van der Waals surface area (Å²) in [6, 6.07) is 8.30. The standard InChI is InChI=1S/C17H28N2O2/c1-17(13-18,19-9-8-15(11-19)12-20-2)10-14-4-6-16(21-3)7-5-14/h4-7,15H,8-13,18H2,1-3H3. The molecule has 0 radical (unpaired) electrons. The Hall–Kier alpha value is -1.10. The van der Waals surface area contributed by atoms with Gasteiger partial charge in [0, 0.05) is 25.7 Å². The molecule has 0 bridgehead atoms. The maximum atomic E-state index is 6.11. The van der Waals surface area contributed by atoms with Crippen LogP contribution < -0.4 is 10.5 Å². The van der Waals surface area contributed by atoms with Crippen LogP contribution in [-0.2, 0) is 11.2 Å². The Balaban J connectivity index is 2.03. The van der Waals surface area contributed by atoms with Crippen molar-refractivity contribution in [3.8, 4) is 5.75 Å². The van der Waals surface area contributed by atoms with Gasteiger partial charge < -0.3 is 15.2 Å². The molecule has 1 aliphatic heterocycles. The lowest BCUT2D eigenvalue weighted by Crippen LogP contribution is -2.52. The van der Waals surface area contributed by atoms with Crippen LogP contribution in [0.1, 0.15) is 18.9 Å². The quantitative estimate of drug-likeness (QED) is 0.834. The van der Waals surface area contributed by atoms with Gasteiger partial charge >= 0.3 is 0 Å². The Morgan fingerprint density at radius 2 is 2.00 bits per heavy atom. The zero-order valence-corrected chi connectivity index (χ0v) is 13.5. The molecule has 1 aliphatic rings. The zero-order valence-electron chi connectivity index (χ0n) is 13.5. The van der Waals surface area contributed by atoms with E-state index in [1.54, 1.807) is 14.2 Å². The van der Waals surface area contributed by atoms with Crippen LogP contribution >= 0.6 is 0 Å². The van der Waals surface area contributed by atoms with E-state index in [1.165, 1.54) is 12.0 Å². The number of rotatable bonds is 7. The van der Waals surface area contributed by atoms with Crippen LogP contribution in [0.15, 0.2) is 24.3 Å². The van der Waals surface area contributed by atoms with Gasteiger partial charge in [-0.15, -0.1) is 0 Å². The predicted molar refractivity (Wildman–Crippen MR) is 85.7 cm³/mol. The third-order valence-electron chi connectivity index (χ3n) is 4.64. The number of nitrogens with two attached hydrogens (primary N) is 1. The van der Waals surface area contributed by atoms with Crippen LogP contribution in [0.25, 0.3) is 0 Å². The summed E-state index contributed by atoms with van der Waals surface area (Å²) in [6.07, 6.45) is 2.17. The Morgan fingerprint density at radius 1 is 1.29 bits per heavy atom. The normalized spacial score (nSPS) is 22.2. The van der Waals surface area contributed by atoms with E-state index in [0.29, 0.717) is 12.5 Å². The summed E-state index contributed by atoms with van der Waals surface area (Å²) in [5.41, 5.74) is 7.43. The van der Waals surface area contributed by atoms with Gasteiger partial charge in [0.25, 0.3) is 0 Å². The fourth-order valence-corrected chi connectivity index (χ4v) is 3.19. The highest BCUT2D eigenvalue weighted by atomic mass is 16.5. The number of hydrogen-bond acceptors (Lipinski definition) is 4. The molecule has 1 aromatic rings. The Kier molecular flexibility index (Phi) is 5.62. The summed E-state index contributed by atoms with van der Waals surface area (Å²) in [5.74, 6) is 1.53. The lowest BCUT2D eigenvalue weighted by molar-refractivity contribution is 0.115. The molecule has 2 atom stereocenters. The van der Waals surface area contributed by atoms with E-state index in [9.17, 15) is 0 Å². The van der Waals surface area contributed by atoms with Gasteiger partial charge in [-0.1, -0.05) is 12.1 Å². The molecule has 4 heteroatoms. The molecule has 118 valence electrons. The monoisotopic (exact) mass is 292 g/mol. The van der Waals surface area contributed by atoms with Crippen LogP contribution in [0.3, 0.4) is 0 Å². The van der Waals surface area contributed by atoms with Gasteiger partial charge in [-0.2, -0.15) is 0 Å². The van der Waals surface area contributed by atoms with Crippen molar-refractivity contribution in [1.29, 1.82) is 0 Å². The molecule has 0 aromatic heterocycles. The van der Waals surface area contributed by atoms with Crippen LogP contribution in [0.5, 0.6) is 5.75 Å². The summed E-state index contributed by atoms with van der Waals surface area (Å²) in [7, 11) is 3.47. The molecule has 2 rings (SSSR count). The van der Waals surface area contributed by atoms with Crippen LogP contribution in [0, 0.1) is 5.92 Å². The molecule has 1 aromatic carbocycles. The van der Waals surface area contributed by atoms with Crippen molar-refractivity contribution in [3.63, 3.8) is 0 Å². The van der Waals surface area contributed by atoms with Crippen LogP contribution in [0.4, 0.5) is 0 Å².